The fourth-order valence-corrected chi connectivity index (χ4v) is 1.38. The first kappa shape index (κ1) is 13.5. The third-order valence-corrected chi connectivity index (χ3v) is 2.30. The van der Waals surface area contributed by atoms with Crippen LogP contribution in [0.2, 0.25) is 0 Å². The average molecular weight is 239 g/mol. The molecule has 1 rings (SSSR count). The Morgan fingerprint density at radius 3 is 2.71 bits per heavy atom. The molecule has 3 N–H and O–H groups in total. The molecule has 0 aliphatic carbocycles. The molecule has 94 valence electrons. The fraction of sp³-hybridized carbons (Fsp3) is 0.417. The predicted octanol–water partition coefficient (Wildman–Crippen LogP) is 1.01. The van der Waals surface area contributed by atoms with Crippen LogP contribution in [-0.4, -0.2) is 40.4 Å². The zero-order chi connectivity index (χ0) is 12.7. The van der Waals surface area contributed by atoms with Gasteiger partial charge in [-0.3, -0.25) is 0 Å². The zero-order valence-electron chi connectivity index (χ0n) is 9.71. The van der Waals surface area contributed by atoms with E-state index >= 15 is 0 Å². The minimum absolute atomic E-state index is 0.00403. The first-order valence-corrected chi connectivity index (χ1v) is 5.45. The molecule has 0 aromatic heterocycles. The number of aliphatic hydroxyl groups excluding tert-OH is 2. The van der Waals surface area contributed by atoms with Gasteiger partial charge in [0.2, 0.25) is 0 Å². The third-order valence-electron chi connectivity index (χ3n) is 2.30. The number of nitrogens with zero attached hydrogens (tertiary/aromatic N) is 1. The van der Waals surface area contributed by atoms with Crippen molar-refractivity contribution < 1.29 is 20.2 Å². The maximum atomic E-state index is 9.21. The van der Waals surface area contributed by atoms with Crippen LogP contribution in [-0.2, 0) is 0 Å². The van der Waals surface area contributed by atoms with Crippen molar-refractivity contribution in [3.05, 3.63) is 29.8 Å². The van der Waals surface area contributed by atoms with Crippen molar-refractivity contribution in [1.29, 1.82) is 0 Å². The highest BCUT2D eigenvalue weighted by Crippen LogP contribution is 2.20. The summed E-state index contributed by atoms with van der Waals surface area (Å²) in [5, 5.41) is 30.0. The van der Waals surface area contributed by atoms with Gasteiger partial charge in [0.05, 0.1) is 12.3 Å². The van der Waals surface area contributed by atoms with Crippen LogP contribution in [0.5, 0.6) is 5.75 Å². The van der Waals surface area contributed by atoms with Crippen LogP contribution in [0.3, 0.4) is 0 Å². The van der Waals surface area contributed by atoms with Gasteiger partial charge in [-0.1, -0.05) is 24.2 Å². The molecule has 1 unspecified atom stereocenters. The zero-order valence-corrected chi connectivity index (χ0v) is 9.71. The van der Waals surface area contributed by atoms with Gasteiger partial charge in [0.1, 0.15) is 18.5 Å². The molecule has 1 aromatic carbocycles. The summed E-state index contributed by atoms with van der Waals surface area (Å²) in [5.41, 5.74) is 1.20. The molecule has 0 saturated carbocycles. The summed E-state index contributed by atoms with van der Waals surface area (Å²) in [6.07, 6.45) is -0.349. The highest BCUT2D eigenvalue weighted by Gasteiger charge is 2.10. The van der Waals surface area contributed by atoms with Crippen LogP contribution < -0.4 is 4.74 Å². The third kappa shape index (κ3) is 3.72. The molecule has 5 nitrogen and oxygen atoms in total. The first-order chi connectivity index (χ1) is 8.22. The molecule has 0 radical (unpaired) electrons. The van der Waals surface area contributed by atoms with Crippen LogP contribution in [0.1, 0.15) is 18.9 Å². The Morgan fingerprint density at radius 2 is 2.12 bits per heavy atom. The molecular formula is C12H17NO4. The van der Waals surface area contributed by atoms with Crippen molar-refractivity contribution in [1.82, 2.24) is 0 Å². The van der Waals surface area contributed by atoms with E-state index in [4.69, 9.17) is 15.1 Å². The van der Waals surface area contributed by atoms with Gasteiger partial charge in [-0.25, -0.2) is 0 Å². The molecular weight excluding hydrogens is 222 g/mol. The van der Waals surface area contributed by atoms with E-state index in [1.54, 1.807) is 18.2 Å². The van der Waals surface area contributed by atoms with Crippen molar-refractivity contribution >= 4 is 5.71 Å². The van der Waals surface area contributed by atoms with Crippen LogP contribution in [0, 0.1) is 0 Å². The van der Waals surface area contributed by atoms with E-state index in [1.807, 2.05) is 13.0 Å². The van der Waals surface area contributed by atoms with E-state index in [0.717, 1.165) is 0 Å². The molecule has 17 heavy (non-hydrogen) atoms. The van der Waals surface area contributed by atoms with Gasteiger partial charge in [-0.15, -0.1) is 0 Å². The maximum Gasteiger partial charge on any atom is 0.128 e. The Bertz CT molecular complexity index is 379. The maximum absolute atomic E-state index is 9.21. The largest absolute Gasteiger partial charge is 0.490 e. The molecule has 0 fully saturated rings. The van der Waals surface area contributed by atoms with Crippen molar-refractivity contribution in [2.45, 2.75) is 19.4 Å². The second-order valence-corrected chi connectivity index (χ2v) is 3.54. The van der Waals surface area contributed by atoms with E-state index in [2.05, 4.69) is 5.16 Å². The second-order valence-electron chi connectivity index (χ2n) is 3.54. The van der Waals surface area contributed by atoms with E-state index in [-0.39, 0.29) is 13.2 Å². The van der Waals surface area contributed by atoms with Crippen molar-refractivity contribution in [2.24, 2.45) is 5.16 Å². The van der Waals surface area contributed by atoms with Gasteiger partial charge < -0.3 is 20.2 Å². The first-order valence-electron chi connectivity index (χ1n) is 5.45. The van der Waals surface area contributed by atoms with Gasteiger partial charge >= 0.3 is 0 Å². The van der Waals surface area contributed by atoms with Crippen LogP contribution in [0.15, 0.2) is 29.4 Å². The monoisotopic (exact) mass is 239 g/mol. The Morgan fingerprint density at radius 1 is 1.41 bits per heavy atom. The summed E-state index contributed by atoms with van der Waals surface area (Å²) in [6, 6.07) is 7.10. The minimum Gasteiger partial charge on any atom is -0.490 e. The number of hydrogen-bond donors (Lipinski definition) is 3. The van der Waals surface area contributed by atoms with E-state index < -0.39 is 6.10 Å². The van der Waals surface area contributed by atoms with Gasteiger partial charge in [0.25, 0.3) is 0 Å². The summed E-state index contributed by atoms with van der Waals surface area (Å²) in [7, 11) is 0. The number of ether oxygens (including phenoxy) is 1. The minimum atomic E-state index is -0.917. The number of oxime groups is 1. The highest BCUT2D eigenvalue weighted by molar-refractivity contribution is 6.02. The second kappa shape index (κ2) is 6.88. The molecule has 0 aliphatic rings. The average Bonchev–Trinajstić information content (AvgIpc) is 2.38. The Balaban J connectivity index is 2.84. The highest BCUT2D eigenvalue weighted by atomic mass is 16.5. The van der Waals surface area contributed by atoms with Crippen molar-refractivity contribution in [2.75, 3.05) is 13.2 Å². The van der Waals surface area contributed by atoms with Crippen LogP contribution >= 0.6 is 0 Å². The van der Waals surface area contributed by atoms with Crippen molar-refractivity contribution in [3.63, 3.8) is 0 Å². The summed E-state index contributed by atoms with van der Waals surface area (Å²) in [5.74, 6) is 0.523. The standard InChI is InChI=1S/C12H17NO4/c1-2-11(13-16)10-5-3-4-6-12(10)17-8-9(15)7-14/h3-6,9,14-16H,2,7-8H2,1H3/b13-11-. The number of benzene rings is 1. The summed E-state index contributed by atoms with van der Waals surface area (Å²) in [6.45, 7) is 1.52. The molecule has 0 saturated heterocycles. The molecule has 0 amide bonds. The van der Waals surface area contributed by atoms with Gasteiger partial charge in [0, 0.05) is 5.56 Å². The molecule has 0 spiro atoms. The predicted molar refractivity (Wildman–Crippen MR) is 63.6 cm³/mol. The lowest BCUT2D eigenvalue weighted by molar-refractivity contribution is 0.0535. The number of hydrogen-bond acceptors (Lipinski definition) is 5. The van der Waals surface area contributed by atoms with Gasteiger partial charge in [-0.2, -0.15) is 0 Å². The lowest BCUT2D eigenvalue weighted by atomic mass is 10.1. The smallest absolute Gasteiger partial charge is 0.128 e. The fourth-order valence-electron chi connectivity index (χ4n) is 1.38. The summed E-state index contributed by atoms with van der Waals surface area (Å²) >= 11 is 0. The Kier molecular flexibility index (Phi) is 5.45. The molecule has 1 atom stereocenters. The quantitative estimate of drug-likeness (QED) is 0.393. The lowest BCUT2D eigenvalue weighted by Gasteiger charge is -2.13. The van der Waals surface area contributed by atoms with Gasteiger partial charge in [-0.05, 0) is 18.6 Å². The lowest BCUT2D eigenvalue weighted by Crippen LogP contribution is -2.22. The Labute approximate surface area is 100.0 Å². The molecule has 0 bridgehead atoms. The van der Waals surface area contributed by atoms with E-state index in [9.17, 15) is 5.11 Å². The topological polar surface area (TPSA) is 82.3 Å². The summed E-state index contributed by atoms with van der Waals surface area (Å²) < 4.78 is 5.37. The number of aliphatic hydroxyl groups is 2. The molecule has 0 heterocycles. The van der Waals surface area contributed by atoms with Crippen molar-refractivity contribution in [3.8, 4) is 5.75 Å². The Hall–Kier alpha value is -1.59. The van der Waals surface area contributed by atoms with Crippen LogP contribution in [0.25, 0.3) is 0 Å². The van der Waals surface area contributed by atoms with E-state index in [0.29, 0.717) is 23.4 Å². The van der Waals surface area contributed by atoms with Crippen LogP contribution in [0.4, 0.5) is 0 Å². The van der Waals surface area contributed by atoms with Gasteiger partial charge in [0.15, 0.2) is 0 Å². The molecule has 5 heteroatoms. The van der Waals surface area contributed by atoms with E-state index in [1.165, 1.54) is 0 Å². The summed E-state index contributed by atoms with van der Waals surface area (Å²) in [4.78, 5) is 0. The normalized spacial score (nSPS) is 13.5. The number of para-hydroxylation sites is 1. The SMILES string of the molecule is CC/C(=N/O)c1ccccc1OCC(O)CO. The molecule has 0 aliphatic heterocycles. The number of rotatable bonds is 6. The molecule has 1 aromatic rings.